The molecule has 0 saturated carbocycles. The summed E-state index contributed by atoms with van der Waals surface area (Å²) < 4.78 is 6.07. The second-order valence-corrected chi connectivity index (χ2v) is 15.9. The monoisotopic (exact) mass is 789 g/mol. The van der Waals surface area contributed by atoms with Gasteiger partial charge in [0.1, 0.15) is 11.8 Å². The predicted molar refractivity (Wildman–Crippen MR) is 212 cm³/mol. The first-order valence-electron chi connectivity index (χ1n) is 20.0. The van der Waals surface area contributed by atoms with E-state index >= 15 is 0 Å². The van der Waals surface area contributed by atoms with Crippen LogP contribution in [-0.2, 0) is 20.9 Å². The highest BCUT2D eigenvalue weighted by atomic mass is 16.5. The minimum Gasteiger partial charge on any atom is -0.489 e. The van der Waals surface area contributed by atoms with Gasteiger partial charge in [-0.1, -0.05) is 0 Å². The third kappa shape index (κ3) is 7.51. The molecule has 6 amide bonds. The Kier molecular flexibility index (Phi) is 10.7. The lowest BCUT2D eigenvalue weighted by molar-refractivity contribution is -0.136. The van der Waals surface area contributed by atoms with Crippen molar-refractivity contribution in [3.63, 3.8) is 0 Å². The molecule has 302 valence electrons. The van der Waals surface area contributed by atoms with Gasteiger partial charge in [0, 0.05) is 81.6 Å². The molecule has 3 aromatic rings. The van der Waals surface area contributed by atoms with E-state index in [0.29, 0.717) is 29.5 Å². The molecule has 16 heteroatoms. The molecule has 58 heavy (non-hydrogen) atoms. The number of nitrogens with zero attached hydrogens (tertiary/aromatic N) is 6. The van der Waals surface area contributed by atoms with E-state index in [-0.39, 0.29) is 53.4 Å². The molecule has 6 heterocycles. The average Bonchev–Trinajstić information content (AvgIpc) is 3.66. The third-order valence-corrected chi connectivity index (χ3v) is 11.7. The number of ether oxygens (including phenoxy) is 1. The molecule has 5 aliphatic heterocycles. The molecule has 2 atom stereocenters. The fourth-order valence-corrected chi connectivity index (χ4v) is 8.87. The summed E-state index contributed by atoms with van der Waals surface area (Å²) in [5, 5.41) is 5.15. The van der Waals surface area contributed by atoms with Crippen LogP contribution in [0.5, 0.6) is 5.75 Å². The van der Waals surface area contributed by atoms with Gasteiger partial charge in [-0.2, -0.15) is 0 Å². The van der Waals surface area contributed by atoms with E-state index in [1.165, 1.54) is 18.6 Å². The van der Waals surface area contributed by atoms with Crippen LogP contribution in [0, 0.1) is 5.92 Å². The number of nitrogens with two attached hydrogens (primary N) is 1. The maximum atomic E-state index is 13.9. The van der Waals surface area contributed by atoms with E-state index in [4.69, 9.17) is 10.5 Å². The summed E-state index contributed by atoms with van der Waals surface area (Å²) in [7, 11) is 0. The second kappa shape index (κ2) is 16.0. The number of fused-ring (bicyclic) bond motifs is 2. The van der Waals surface area contributed by atoms with Gasteiger partial charge in [-0.05, 0) is 93.8 Å². The van der Waals surface area contributed by atoms with Crippen LogP contribution in [0.3, 0.4) is 0 Å². The van der Waals surface area contributed by atoms with E-state index < -0.39 is 35.6 Å². The summed E-state index contributed by atoms with van der Waals surface area (Å²) in [6.07, 6.45) is 7.96. The van der Waals surface area contributed by atoms with Crippen LogP contribution in [0.25, 0.3) is 5.57 Å². The highest BCUT2D eigenvalue weighted by Gasteiger charge is 2.45. The zero-order valence-electron chi connectivity index (χ0n) is 32.6. The standard InChI is InChI=1S/C42H47N9O7/c1-24(2)58-35-19-30-26(17-33(35)46-38(53)32(20-43)37-44-12-4-13-45-37)23-50(40(30)55)27-10-15-48(16-11-27)21-25-5-3-14-49(22-25)28-6-7-29-31(18-28)42(57)51(41(29)56)34-8-9-36(52)47-39(34)54/h4,6-7,12-13,17-20,24-25,27,34H,3,5,8-11,14-16,21-23,43H2,1-2H3,(H,46,53)(H,47,52,54)/b32-20+. The second-order valence-electron chi connectivity index (χ2n) is 15.9. The highest BCUT2D eigenvalue weighted by Crippen LogP contribution is 2.38. The maximum absolute atomic E-state index is 13.9. The molecule has 0 spiro atoms. The average molecular weight is 790 g/mol. The molecule has 3 fully saturated rings. The van der Waals surface area contributed by atoms with Crippen molar-refractivity contribution in [3.05, 3.63) is 83.1 Å². The molecule has 0 aliphatic carbocycles. The molecule has 2 unspecified atom stereocenters. The minimum absolute atomic E-state index is 0.0437. The molecule has 0 bridgehead atoms. The van der Waals surface area contributed by atoms with Crippen LogP contribution in [0.15, 0.2) is 55.0 Å². The Labute approximate surface area is 335 Å². The van der Waals surface area contributed by atoms with Crippen molar-refractivity contribution in [1.82, 2.24) is 30.0 Å². The summed E-state index contributed by atoms with van der Waals surface area (Å²) >= 11 is 0. The van der Waals surface area contributed by atoms with Gasteiger partial charge in [-0.25, -0.2) is 9.97 Å². The summed E-state index contributed by atoms with van der Waals surface area (Å²) in [4.78, 5) is 94.0. The number of nitrogens with one attached hydrogen (secondary N) is 2. The number of likely N-dealkylation sites (tertiary alicyclic amines) is 1. The van der Waals surface area contributed by atoms with E-state index in [1.807, 2.05) is 30.9 Å². The first-order chi connectivity index (χ1) is 28.0. The largest absolute Gasteiger partial charge is 0.489 e. The lowest BCUT2D eigenvalue weighted by Crippen LogP contribution is -2.54. The van der Waals surface area contributed by atoms with Crippen LogP contribution in [0.1, 0.15) is 94.8 Å². The van der Waals surface area contributed by atoms with Gasteiger partial charge in [-0.3, -0.25) is 39.0 Å². The van der Waals surface area contributed by atoms with Gasteiger partial charge in [0.25, 0.3) is 23.6 Å². The first kappa shape index (κ1) is 38.7. The molecular formula is C42H47N9O7. The van der Waals surface area contributed by atoms with E-state index in [2.05, 4.69) is 30.4 Å². The Balaban J connectivity index is 0.878. The van der Waals surface area contributed by atoms with Crippen LogP contribution in [-0.4, -0.2) is 111 Å². The van der Waals surface area contributed by atoms with Crippen molar-refractivity contribution >= 4 is 52.4 Å². The molecule has 16 nitrogen and oxygen atoms in total. The molecule has 0 radical (unpaired) electrons. The van der Waals surface area contributed by atoms with Crippen LogP contribution >= 0.6 is 0 Å². The number of amides is 6. The van der Waals surface area contributed by atoms with Crippen molar-refractivity contribution in [2.45, 2.75) is 77.1 Å². The normalized spacial score (nSPS) is 21.7. The maximum Gasteiger partial charge on any atom is 0.262 e. The molecule has 2 aromatic carbocycles. The van der Waals surface area contributed by atoms with Crippen molar-refractivity contribution < 1.29 is 33.5 Å². The smallest absolute Gasteiger partial charge is 0.262 e. The number of carbonyl (C=O) groups is 6. The fourth-order valence-electron chi connectivity index (χ4n) is 8.87. The predicted octanol–water partition coefficient (Wildman–Crippen LogP) is 2.94. The third-order valence-electron chi connectivity index (χ3n) is 11.7. The molecule has 1 aromatic heterocycles. The molecule has 4 N–H and O–H groups in total. The topological polar surface area (TPSA) is 200 Å². The summed E-state index contributed by atoms with van der Waals surface area (Å²) in [6, 6.07) is 9.59. The van der Waals surface area contributed by atoms with Gasteiger partial charge >= 0.3 is 0 Å². The number of hydrogen-bond acceptors (Lipinski definition) is 12. The van der Waals surface area contributed by atoms with Gasteiger partial charge in [0.2, 0.25) is 11.8 Å². The zero-order valence-corrected chi connectivity index (χ0v) is 32.6. The van der Waals surface area contributed by atoms with Gasteiger partial charge in [0.05, 0.1) is 28.5 Å². The number of carbonyl (C=O) groups excluding carboxylic acids is 6. The SMILES string of the molecule is CC(C)Oc1cc2c(cc1NC(=O)/C(=C/N)c1ncccn1)CN(C1CCN(CC3CCCN(c4ccc5c(c4)C(=O)N(C4CCC(=O)NC4=O)C5=O)C3)CC1)C2=O. The van der Waals surface area contributed by atoms with E-state index in [1.54, 1.807) is 24.3 Å². The lowest BCUT2D eigenvalue weighted by atomic mass is 9.94. The Morgan fingerprint density at radius 2 is 1.71 bits per heavy atom. The van der Waals surface area contributed by atoms with Crippen LogP contribution < -0.4 is 26.0 Å². The molecule has 8 rings (SSSR count). The molecule has 5 aliphatic rings. The quantitative estimate of drug-likeness (QED) is 0.201. The number of piperidine rings is 3. The van der Waals surface area contributed by atoms with Crippen molar-refractivity contribution in [2.75, 3.05) is 42.9 Å². The minimum atomic E-state index is -0.995. The Morgan fingerprint density at radius 3 is 2.43 bits per heavy atom. The number of imide groups is 2. The first-order valence-corrected chi connectivity index (χ1v) is 20.0. The number of anilines is 2. The van der Waals surface area contributed by atoms with Crippen molar-refractivity contribution in [2.24, 2.45) is 11.7 Å². The van der Waals surface area contributed by atoms with Crippen LogP contribution in [0.2, 0.25) is 0 Å². The summed E-state index contributed by atoms with van der Waals surface area (Å²) in [5.74, 6) is -1.59. The van der Waals surface area contributed by atoms with E-state index in [0.717, 1.165) is 74.6 Å². The van der Waals surface area contributed by atoms with Crippen molar-refractivity contribution in [1.29, 1.82) is 0 Å². The number of benzene rings is 2. The number of hydrogen-bond donors (Lipinski definition) is 3. The zero-order chi connectivity index (χ0) is 40.7. The summed E-state index contributed by atoms with van der Waals surface area (Å²) in [6.45, 7) is 8.45. The van der Waals surface area contributed by atoms with Gasteiger partial charge in [0.15, 0.2) is 5.82 Å². The Morgan fingerprint density at radius 1 is 0.948 bits per heavy atom. The summed E-state index contributed by atoms with van der Waals surface area (Å²) in [5.41, 5.74) is 9.17. The molecule has 3 saturated heterocycles. The number of aromatic nitrogens is 2. The molecular weight excluding hydrogens is 743 g/mol. The van der Waals surface area contributed by atoms with Crippen LogP contribution in [0.4, 0.5) is 11.4 Å². The van der Waals surface area contributed by atoms with E-state index in [9.17, 15) is 28.8 Å². The van der Waals surface area contributed by atoms with Crippen molar-refractivity contribution in [3.8, 4) is 5.75 Å². The number of rotatable bonds is 10. The fraction of sp³-hybridized carbons (Fsp3) is 0.429. The highest BCUT2D eigenvalue weighted by molar-refractivity contribution is 6.25. The van der Waals surface area contributed by atoms with Gasteiger partial charge < -0.3 is 30.5 Å². The lowest BCUT2D eigenvalue weighted by Gasteiger charge is -2.40. The van der Waals surface area contributed by atoms with Gasteiger partial charge in [-0.15, -0.1) is 0 Å². The Hall–Kier alpha value is -6.16. The Bertz CT molecular complexity index is 2200.